The molecular formula is C16H17N5O2S. The van der Waals surface area contributed by atoms with E-state index < -0.39 is 10.0 Å². The Morgan fingerprint density at radius 3 is 2.58 bits per heavy atom. The van der Waals surface area contributed by atoms with E-state index in [1.165, 1.54) is 12.1 Å². The predicted octanol–water partition coefficient (Wildman–Crippen LogP) is 1.77. The first-order valence-electron chi connectivity index (χ1n) is 7.71. The van der Waals surface area contributed by atoms with E-state index in [0.717, 1.165) is 35.3 Å². The molecule has 2 aromatic heterocycles. The van der Waals surface area contributed by atoms with E-state index in [4.69, 9.17) is 5.14 Å². The molecule has 0 aliphatic heterocycles. The van der Waals surface area contributed by atoms with Crippen LogP contribution in [0.15, 0.2) is 41.4 Å². The Hall–Kier alpha value is -2.45. The lowest BCUT2D eigenvalue weighted by atomic mass is 10.1. The molecule has 4 N–H and O–H groups in total. The minimum atomic E-state index is -3.67. The maximum absolute atomic E-state index is 11.3. The van der Waals surface area contributed by atoms with Crippen LogP contribution in [0.4, 0.5) is 5.82 Å². The summed E-state index contributed by atoms with van der Waals surface area (Å²) in [5.41, 5.74) is 2.70. The van der Waals surface area contributed by atoms with Crippen LogP contribution in [0.3, 0.4) is 0 Å². The molecule has 0 amide bonds. The molecule has 0 unspecified atom stereocenters. The zero-order valence-corrected chi connectivity index (χ0v) is 13.7. The van der Waals surface area contributed by atoms with Crippen LogP contribution in [-0.4, -0.2) is 29.4 Å². The van der Waals surface area contributed by atoms with Gasteiger partial charge in [0.2, 0.25) is 10.0 Å². The topological polar surface area (TPSA) is 114 Å². The molecule has 8 heteroatoms. The van der Waals surface area contributed by atoms with Crippen LogP contribution in [0.1, 0.15) is 24.2 Å². The number of rotatable bonds is 5. The fourth-order valence-electron chi connectivity index (χ4n) is 2.58. The predicted molar refractivity (Wildman–Crippen MR) is 91.2 cm³/mol. The average molecular weight is 343 g/mol. The number of primary sulfonamides is 1. The summed E-state index contributed by atoms with van der Waals surface area (Å²) in [6, 6.07) is 8.89. The summed E-state index contributed by atoms with van der Waals surface area (Å²) in [6.45, 7) is 0. The standard InChI is InChI=1S/C16H17N5O2S/c17-24(22,23)12-5-1-10(2-6-12)9-14-20-13-7-8-18-15(13)16(21-14)19-11-3-4-11/h1-2,5-8,11,18H,3-4,9H2,(H2,17,22,23)(H,19,20,21). The normalized spacial score (nSPS) is 14.9. The maximum atomic E-state index is 11.3. The van der Waals surface area contributed by atoms with Gasteiger partial charge >= 0.3 is 0 Å². The second-order valence-electron chi connectivity index (χ2n) is 6.01. The third-order valence-corrected chi connectivity index (χ3v) is 4.91. The lowest BCUT2D eigenvalue weighted by Crippen LogP contribution is -2.12. The molecule has 7 nitrogen and oxygen atoms in total. The summed E-state index contributed by atoms with van der Waals surface area (Å²) in [4.78, 5) is 12.5. The Labute approximate surface area is 139 Å². The first-order valence-corrected chi connectivity index (χ1v) is 9.26. The van der Waals surface area contributed by atoms with Crippen molar-refractivity contribution in [2.24, 2.45) is 5.14 Å². The van der Waals surface area contributed by atoms with Crippen molar-refractivity contribution >= 4 is 26.9 Å². The van der Waals surface area contributed by atoms with Gasteiger partial charge in [-0.3, -0.25) is 0 Å². The molecule has 0 atom stereocenters. The second kappa shape index (κ2) is 5.57. The van der Waals surface area contributed by atoms with E-state index in [9.17, 15) is 8.42 Å². The molecule has 1 aliphatic rings. The summed E-state index contributed by atoms with van der Waals surface area (Å²) in [6.07, 6.45) is 4.70. The Morgan fingerprint density at radius 2 is 1.92 bits per heavy atom. The second-order valence-corrected chi connectivity index (χ2v) is 7.57. The molecule has 0 bridgehead atoms. The van der Waals surface area contributed by atoms with Gasteiger partial charge in [-0.05, 0) is 36.6 Å². The van der Waals surface area contributed by atoms with Gasteiger partial charge in [0.25, 0.3) is 0 Å². The van der Waals surface area contributed by atoms with Gasteiger partial charge in [0.05, 0.1) is 10.4 Å². The molecule has 124 valence electrons. The number of hydrogen-bond donors (Lipinski definition) is 3. The van der Waals surface area contributed by atoms with E-state index in [0.29, 0.717) is 18.3 Å². The van der Waals surface area contributed by atoms with Gasteiger partial charge in [0.1, 0.15) is 11.3 Å². The number of fused-ring (bicyclic) bond motifs is 1. The minimum absolute atomic E-state index is 0.101. The van der Waals surface area contributed by atoms with Crippen molar-refractivity contribution in [3.05, 3.63) is 47.9 Å². The zero-order valence-electron chi connectivity index (χ0n) is 12.9. The van der Waals surface area contributed by atoms with Crippen molar-refractivity contribution < 1.29 is 8.42 Å². The number of aromatic nitrogens is 3. The van der Waals surface area contributed by atoms with Gasteiger partial charge in [0.15, 0.2) is 5.82 Å². The number of H-pyrrole nitrogens is 1. The maximum Gasteiger partial charge on any atom is 0.238 e. The van der Waals surface area contributed by atoms with Gasteiger partial charge in [-0.15, -0.1) is 0 Å². The van der Waals surface area contributed by atoms with Crippen molar-refractivity contribution in [1.29, 1.82) is 0 Å². The van der Waals surface area contributed by atoms with Crippen LogP contribution < -0.4 is 10.5 Å². The molecule has 1 saturated carbocycles. The number of benzene rings is 1. The highest BCUT2D eigenvalue weighted by Gasteiger charge is 2.23. The van der Waals surface area contributed by atoms with Crippen LogP contribution >= 0.6 is 0 Å². The van der Waals surface area contributed by atoms with Crippen LogP contribution in [-0.2, 0) is 16.4 Å². The van der Waals surface area contributed by atoms with E-state index >= 15 is 0 Å². The number of anilines is 1. The molecule has 0 radical (unpaired) electrons. The molecule has 1 fully saturated rings. The molecule has 4 rings (SSSR count). The Morgan fingerprint density at radius 1 is 1.17 bits per heavy atom. The summed E-state index contributed by atoms with van der Waals surface area (Å²) in [5.74, 6) is 1.51. The number of hydrogen-bond acceptors (Lipinski definition) is 5. The number of nitrogens with one attached hydrogen (secondary N) is 2. The SMILES string of the molecule is NS(=O)(=O)c1ccc(Cc2nc(NC3CC3)c3[nH]ccc3n2)cc1. The molecule has 1 aliphatic carbocycles. The van der Waals surface area contributed by atoms with Crippen molar-refractivity contribution in [3.63, 3.8) is 0 Å². The van der Waals surface area contributed by atoms with Crippen molar-refractivity contribution in [1.82, 2.24) is 15.0 Å². The zero-order chi connectivity index (χ0) is 16.7. The lowest BCUT2D eigenvalue weighted by molar-refractivity contribution is 0.598. The first kappa shape index (κ1) is 15.1. The van der Waals surface area contributed by atoms with Crippen LogP contribution in [0.2, 0.25) is 0 Å². The molecular weight excluding hydrogens is 326 g/mol. The largest absolute Gasteiger partial charge is 0.365 e. The highest BCUT2D eigenvalue weighted by Crippen LogP contribution is 2.27. The Kier molecular flexibility index (Phi) is 3.50. The van der Waals surface area contributed by atoms with Crippen molar-refractivity contribution in [3.8, 4) is 0 Å². The van der Waals surface area contributed by atoms with E-state index in [2.05, 4.69) is 20.3 Å². The average Bonchev–Trinajstić information content (AvgIpc) is 3.21. The Balaban J connectivity index is 1.64. The Bertz CT molecular complexity index is 991. The molecule has 0 saturated heterocycles. The van der Waals surface area contributed by atoms with Gasteiger partial charge < -0.3 is 10.3 Å². The van der Waals surface area contributed by atoms with Crippen LogP contribution in [0, 0.1) is 0 Å². The number of sulfonamides is 1. The number of nitrogens with zero attached hydrogens (tertiary/aromatic N) is 2. The highest BCUT2D eigenvalue weighted by atomic mass is 32.2. The minimum Gasteiger partial charge on any atom is -0.365 e. The lowest BCUT2D eigenvalue weighted by Gasteiger charge is -2.08. The highest BCUT2D eigenvalue weighted by molar-refractivity contribution is 7.89. The molecule has 2 heterocycles. The van der Waals surface area contributed by atoms with Gasteiger partial charge in [0, 0.05) is 18.7 Å². The molecule has 24 heavy (non-hydrogen) atoms. The van der Waals surface area contributed by atoms with Crippen LogP contribution in [0.5, 0.6) is 0 Å². The monoisotopic (exact) mass is 343 g/mol. The van der Waals surface area contributed by atoms with Crippen LogP contribution in [0.25, 0.3) is 11.0 Å². The first-order chi connectivity index (χ1) is 11.5. The summed E-state index contributed by atoms with van der Waals surface area (Å²) in [5, 5.41) is 8.54. The molecule has 3 aromatic rings. The summed E-state index contributed by atoms with van der Waals surface area (Å²) in [7, 11) is -3.67. The summed E-state index contributed by atoms with van der Waals surface area (Å²) >= 11 is 0. The van der Waals surface area contributed by atoms with Crippen molar-refractivity contribution in [2.45, 2.75) is 30.2 Å². The quantitative estimate of drug-likeness (QED) is 0.653. The van der Waals surface area contributed by atoms with Gasteiger partial charge in [-0.2, -0.15) is 0 Å². The molecule has 0 spiro atoms. The summed E-state index contributed by atoms with van der Waals surface area (Å²) < 4.78 is 22.6. The smallest absolute Gasteiger partial charge is 0.238 e. The van der Waals surface area contributed by atoms with E-state index in [1.807, 2.05) is 12.3 Å². The fraction of sp³-hybridized carbons (Fsp3) is 0.250. The van der Waals surface area contributed by atoms with Gasteiger partial charge in [-0.1, -0.05) is 12.1 Å². The molecule has 1 aromatic carbocycles. The van der Waals surface area contributed by atoms with Crippen molar-refractivity contribution in [2.75, 3.05) is 5.32 Å². The van der Waals surface area contributed by atoms with Gasteiger partial charge in [-0.25, -0.2) is 23.5 Å². The number of aromatic amines is 1. The third-order valence-electron chi connectivity index (χ3n) is 3.98. The third kappa shape index (κ3) is 3.10. The fourth-order valence-corrected chi connectivity index (χ4v) is 3.09. The number of nitrogens with two attached hydrogens (primary N) is 1. The van der Waals surface area contributed by atoms with E-state index in [-0.39, 0.29) is 4.90 Å². The van der Waals surface area contributed by atoms with E-state index in [1.54, 1.807) is 12.1 Å².